The minimum Gasteiger partial charge on any atom is -0.379 e. The lowest BCUT2D eigenvalue weighted by molar-refractivity contribution is -0.115. The largest absolute Gasteiger partial charge is 0.379 e. The molecule has 1 saturated heterocycles. The van der Waals surface area contributed by atoms with E-state index in [9.17, 15) is 13.2 Å². The smallest absolute Gasteiger partial charge is 0.228 e. The van der Waals surface area contributed by atoms with Crippen molar-refractivity contribution in [1.29, 1.82) is 0 Å². The number of hydrogen-bond acceptors (Lipinski definition) is 6. The number of aromatic nitrogens is 2. The molecule has 1 N–H and O–H groups in total. The van der Waals surface area contributed by atoms with Gasteiger partial charge in [0, 0.05) is 42.0 Å². The highest BCUT2D eigenvalue weighted by molar-refractivity contribution is 7.91. The third kappa shape index (κ3) is 5.29. The number of amides is 1. The highest BCUT2D eigenvalue weighted by Crippen LogP contribution is 2.28. The molecule has 1 aromatic heterocycles. The molecule has 0 aliphatic carbocycles. The summed E-state index contributed by atoms with van der Waals surface area (Å²) in [6.07, 6.45) is 2.81. The van der Waals surface area contributed by atoms with Gasteiger partial charge >= 0.3 is 0 Å². The van der Waals surface area contributed by atoms with E-state index < -0.39 is 9.84 Å². The van der Waals surface area contributed by atoms with Gasteiger partial charge in [-0.15, -0.1) is 0 Å². The Morgan fingerprint density at radius 2 is 1.94 bits per heavy atom. The molecule has 0 bridgehead atoms. The molecule has 3 aromatic rings. The summed E-state index contributed by atoms with van der Waals surface area (Å²) in [7, 11) is -3.53. The molecule has 1 amide bonds. The third-order valence-corrected chi connectivity index (χ3v) is 6.95. The Balaban J connectivity index is 1.60. The maximum atomic E-state index is 12.6. The van der Waals surface area contributed by atoms with Gasteiger partial charge in [0.15, 0.2) is 9.84 Å². The van der Waals surface area contributed by atoms with Crippen LogP contribution in [0.2, 0.25) is 5.02 Å². The van der Waals surface area contributed by atoms with Crippen LogP contribution in [0.4, 0.5) is 5.69 Å². The topological polar surface area (TPSA) is 93.5 Å². The zero-order valence-corrected chi connectivity index (χ0v) is 19.3. The van der Waals surface area contributed by atoms with Crippen molar-refractivity contribution in [3.05, 3.63) is 53.2 Å². The second-order valence-electron chi connectivity index (χ2n) is 7.82. The summed E-state index contributed by atoms with van der Waals surface area (Å²) >= 11 is 6.16. The number of anilines is 1. The average Bonchev–Trinajstić information content (AvgIpc) is 3.16. The number of hydrogen-bond donors (Lipinski definition) is 1. The standard InChI is InChI=1S/C22H25ClN4O4S/c1-32(29,30)21-14-17(25-22(28)12-16-4-2-3-5-19(16)23)13-20-18(21)15-24-27(20)7-6-26-8-10-31-11-9-26/h2-5,13-15H,6-12H2,1H3,(H,25,28). The van der Waals surface area contributed by atoms with Crippen LogP contribution in [0, 0.1) is 0 Å². The van der Waals surface area contributed by atoms with E-state index in [4.69, 9.17) is 16.3 Å². The van der Waals surface area contributed by atoms with Crippen molar-refractivity contribution >= 4 is 43.9 Å². The van der Waals surface area contributed by atoms with Crippen molar-refractivity contribution in [2.75, 3.05) is 44.4 Å². The van der Waals surface area contributed by atoms with Gasteiger partial charge in [0.1, 0.15) is 0 Å². The van der Waals surface area contributed by atoms with Crippen LogP contribution in [0.25, 0.3) is 10.9 Å². The monoisotopic (exact) mass is 476 g/mol. The van der Waals surface area contributed by atoms with Gasteiger partial charge in [-0.2, -0.15) is 5.10 Å². The van der Waals surface area contributed by atoms with Gasteiger partial charge in [-0.1, -0.05) is 29.8 Å². The molecular formula is C22H25ClN4O4S. The summed E-state index contributed by atoms with van der Waals surface area (Å²) < 4.78 is 32.1. The molecule has 0 saturated carbocycles. The molecule has 0 radical (unpaired) electrons. The second-order valence-corrected chi connectivity index (χ2v) is 10.2. The van der Waals surface area contributed by atoms with Crippen molar-refractivity contribution in [2.24, 2.45) is 0 Å². The molecular weight excluding hydrogens is 452 g/mol. The molecule has 32 heavy (non-hydrogen) atoms. The van der Waals surface area contributed by atoms with Crippen LogP contribution in [0.3, 0.4) is 0 Å². The van der Waals surface area contributed by atoms with E-state index in [0.29, 0.717) is 46.9 Å². The van der Waals surface area contributed by atoms with E-state index in [-0.39, 0.29) is 17.2 Å². The van der Waals surface area contributed by atoms with Crippen molar-refractivity contribution < 1.29 is 17.9 Å². The second kappa shape index (κ2) is 9.58. The SMILES string of the molecule is CS(=O)(=O)c1cc(NC(=O)Cc2ccccc2Cl)cc2c1cnn2CCN1CCOCC1. The summed E-state index contributed by atoms with van der Waals surface area (Å²) in [5.41, 5.74) is 1.77. The predicted octanol–water partition coefficient (Wildman–Crippen LogP) is 2.61. The highest BCUT2D eigenvalue weighted by Gasteiger charge is 2.19. The molecule has 0 atom stereocenters. The first kappa shape index (κ1) is 22.7. The van der Waals surface area contributed by atoms with Gasteiger partial charge in [0.2, 0.25) is 5.91 Å². The van der Waals surface area contributed by atoms with Gasteiger partial charge in [-0.25, -0.2) is 8.42 Å². The van der Waals surface area contributed by atoms with Gasteiger partial charge in [0.05, 0.1) is 42.8 Å². The van der Waals surface area contributed by atoms with Crippen LogP contribution in [0.1, 0.15) is 5.56 Å². The van der Waals surface area contributed by atoms with Gasteiger partial charge < -0.3 is 10.1 Å². The number of ether oxygens (including phenoxy) is 1. The highest BCUT2D eigenvalue weighted by atomic mass is 35.5. The lowest BCUT2D eigenvalue weighted by atomic mass is 10.1. The van der Waals surface area contributed by atoms with E-state index >= 15 is 0 Å². The lowest BCUT2D eigenvalue weighted by Crippen LogP contribution is -2.38. The first-order valence-corrected chi connectivity index (χ1v) is 12.6. The van der Waals surface area contributed by atoms with E-state index in [2.05, 4.69) is 15.3 Å². The summed E-state index contributed by atoms with van der Waals surface area (Å²) in [6.45, 7) is 4.51. The van der Waals surface area contributed by atoms with Crippen molar-refractivity contribution in [3.63, 3.8) is 0 Å². The molecule has 1 aliphatic rings. The summed E-state index contributed by atoms with van der Waals surface area (Å²) in [5.74, 6) is -0.281. The Morgan fingerprint density at radius 1 is 1.19 bits per heavy atom. The molecule has 1 fully saturated rings. The van der Waals surface area contributed by atoms with Crippen LogP contribution in [0.5, 0.6) is 0 Å². The lowest BCUT2D eigenvalue weighted by Gasteiger charge is -2.26. The zero-order valence-electron chi connectivity index (χ0n) is 17.8. The van der Waals surface area contributed by atoms with Crippen LogP contribution in [-0.2, 0) is 32.3 Å². The number of fused-ring (bicyclic) bond motifs is 1. The fourth-order valence-electron chi connectivity index (χ4n) is 3.78. The number of morpholine rings is 1. The van der Waals surface area contributed by atoms with Crippen molar-refractivity contribution in [3.8, 4) is 0 Å². The Kier molecular flexibility index (Phi) is 6.80. The quantitative estimate of drug-likeness (QED) is 0.563. The van der Waals surface area contributed by atoms with Crippen molar-refractivity contribution in [1.82, 2.24) is 14.7 Å². The van der Waals surface area contributed by atoms with Crippen LogP contribution in [0.15, 0.2) is 47.5 Å². The summed E-state index contributed by atoms with van der Waals surface area (Å²) in [4.78, 5) is 15.0. The normalized spacial score (nSPS) is 15.2. The molecule has 4 rings (SSSR count). The fourth-order valence-corrected chi connectivity index (χ4v) is 4.88. The Labute approximate surface area is 192 Å². The first-order valence-electron chi connectivity index (χ1n) is 10.3. The molecule has 8 nitrogen and oxygen atoms in total. The molecule has 0 spiro atoms. The van der Waals surface area contributed by atoms with Gasteiger partial charge in [-0.3, -0.25) is 14.4 Å². The molecule has 1 aliphatic heterocycles. The number of carbonyl (C=O) groups is 1. The summed E-state index contributed by atoms with van der Waals surface area (Å²) in [5, 5.41) is 8.28. The zero-order chi connectivity index (χ0) is 22.7. The molecule has 2 heterocycles. The van der Waals surface area contributed by atoms with E-state index in [1.807, 2.05) is 6.07 Å². The number of rotatable bonds is 7. The Morgan fingerprint density at radius 3 is 2.66 bits per heavy atom. The van der Waals surface area contributed by atoms with Crippen LogP contribution < -0.4 is 5.32 Å². The fraction of sp³-hybridized carbons (Fsp3) is 0.364. The first-order chi connectivity index (χ1) is 15.3. The van der Waals surface area contributed by atoms with Crippen LogP contribution in [-0.4, -0.2) is 68.1 Å². The molecule has 2 aromatic carbocycles. The Bertz CT molecular complexity index is 1240. The van der Waals surface area contributed by atoms with Gasteiger partial charge in [-0.05, 0) is 23.8 Å². The Hall–Kier alpha value is -2.46. The van der Waals surface area contributed by atoms with E-state index in [0.717, 1.165) is 25.9 Å². The number of benzene rings is 2. The molecule has 170 valence electrons. The average molecular weight is 477 g/mol. The minimum absolute atomic E-state index is 0.0855. The van der Waals surface area contributed by atoms with E-state index in [1.165, 1.54) is 6.07 Å². The minimum atomic E-state index is -3.53. The number of nitrogens with one attached hydrogen (secondary N) is 1. The maximum Gasteiger partial charge on any atom is 0.228 e. The van der Waals surface area contributed by atoms with Crippen molar-refractivity contribution in [2.45, 2.75) is 17.9 Å². The molecule has 10 heteroatoms. The predicted molar refractivity (Wildman–Crippen MR) is 124 cm³/mol. The van der Waals surface area contributed by atoms with Crippen LogP contribution >= 0.6 is 11.6 Å². The van der Waals surface area contributed by atoms with Gasteiger partial charge in [0.25, 0.3) is 0 Å². The maximum absolute atomic E-state index is 12.6. The van der Waals surface area contributed by atoms with E-state index in [1.54, 1.807) is 35.1 Å². The molecule has 0 unspecified atom stereocenters. The summed E-state index contributed by atoms with van der Waals surface area (Å²) in [6, 6.07) is 10.4. The third-order valence-electron chi connectivity index (χ3n) is 5.45. The number of nitrogens with zero attached hydrogens (tertiary/aromatic N) is 3. The number of halogens is 1. The number of carbonyl (C=O) groups excluding carboxylic acids is 1. The number of sulfone groups is 1.